The molecule has 0 spiro atoms. The van der Waals surface area contributed by atoms with E-state index in [4.69, 9.17) is 9.47 Å². The summed E-state index contributed by atoms with van der Waals surface area (Å²) < 4.78 is 11.0. The molecule has 24 heavy (non-hydrogen) atoms. The molecule has 2 aromatic rings. The fraction of sp³-hybridized carbons (Fsp3) is 0.353. The summed E-state index contributed by atoms with van der Waals surface area (Å²) in [6.45, 7) is -0.532. The number of aldehydes is 1. The van der Waals surface area contributed by atoms with Crippen molar-refractivity contribution in [3.8, 4) is 5.75 Å². The second kappa shape index (κ2) is 6.84. The van der Waals surface area contributed by atoms with Crippen molar-refractivity contribution < 1.29 is 34.7 Å². The Morgan fingerprint density at radius 1 is 1.00 bits per heavy atom. The van der Waals surface area contributed by atoms with Crippen LogP contribution in [0.4, 0.5) is 0 Å². The molecule has 2 aromatic carbocycles. The molecule has 7 nitrogen and oxygen atoms in total. The van der Waals surface area contributed by atoms with Crippen LogP contribution in [0.1, 0.15) is 10.4 Å². The van der Waals surface area contributed by atoms with Crippen LogP contribution in [0.15, 0.2) is 36.4 Å². The van der Waals surface area contributed by atoms with Crippen molar-refractivity contribution in [1.29, 1.82) is 0 Å². The molecule has 0 aliphatic carbocycles. The van der Waals surface area contributed by atoms with Gasteiger partial charge in [-0.05, 0) is 17.5 Å². The highest BCUT2D eigenvalue weighted by atomic mass is 16.7. The highest BCUT2D eigenvalue weighted by molar-refractivity contribution is 6.00. The minimum Gasteiger partial charge on any atom is -0.461 e. The van der Waals surface area contributed by atoms with Crippen molar-refractivity contribution in [2.45, 2.75) is 30.7 Å². The van der Waals surface area contributed by atoms with Gasteiger partial charge in [0.1, 0.15) is 30.2 Å². The van der Waals surface area contributed by atoms with E-state index >= 15 is 0 Å². The highest BCUT2D eigenvalue weighted by Crippen LogP contribution is 2.31. The van der Waals surface area contributed by atoms with Crippen LogP contribution in [0.3, 0.4) is 0 Å². The molecule has 1 saturated heterocycles. The number of rotatable bonds is 4. The van der Waals surface area contributed by atoms with Crippen LogP contribution in [-0.4, -0.2) is 64.0 Å². The van der Waals surface area contributed by atoms with E-state index in [0.29, 0.717) is 22.1 Å². The van der Waals surface area contributed by atoms with Crippen molar-refractivity contribution in [3.05, 3.63) is 42.0 Å². The number of ether oxygens (including phenoxy) is 2. The maximum Gasteiger partial charge on any atom is 0.229 e. The van der Waals surface area contributed by atoms with Crippen LogP contribution in [0.2, 0.25) is 0 Å². The first-order valence-electron chi connectivity index (χ1n) is 7.51. The van der Waals surface area contributed by atoms with E-state index in [1.54, 1.807) is 36.4 Å². The van der Waals surface area contributed by atoms with E-state index < -0.39 is 37.3 Å². The fourth-order valence-corrected chi connectivity index (χ4v) is 2.79. The van der Waals surface area contributed by atoms with E-state index in [0.717, 1.165) is 6.29 Å². The standard InChI is InChI=1S/C17H18O7/c18-7-9-5-6-12(11-4-2-1-3-10(9)11)23-17-16(22)15(21)14(20)13(8-19)24-17/h1-7,13-17,19-22H,8H2/t13-,14+,15+,16-,17-/m1/s1. The number of fused-ring (bicyclic) bond motifs is 1. The molecule has 7 heteroatoms. The molecule has 0 saturated carbocycles. The molecule has 128 valence electrons. The highest BCUT2D eigenvalue weighted by Gasteiger charge is 2.44. The average Bonchev–Trinajstić information content (AvgIpc) is 2.62. The van der Waals surface area contributed by atoms with Gasteiger partial charge in [0.2, 0.25) is 6.29 Å². The van der Waals surface area contributed by atoms with Crippen LogP contribution in [0, 0.1) is 0 Å². The largest absolute Gasteiger partial charge is 0.461 e. The third-order valence-corrected chi connectivity index (χ3v) is 4.14. The lowest BCUT2D eigenvalue weighted by Crippen LogP contribution is -2.60. The summed E-state index contributed by atoms with van der Waals surface area (Å²) in [5.41, 5.74) is 0.492. The third kappa shape index (κ3) is 2.88. The van der Waals surface area contributed by atoms with Crippen LogP contribution in [0.25, 0.3) is 10.8 Å². The lowest BCUT2D eigenvalue weighted by molar-refractivity contribution is -0.277. The van der Waals surface area contributed by atoms with Gasteiger partial charge in [-0.1, -0.05) is 24.3 Å². The van der Waals surface area contributed by atoms with E-state index in [9.17, 15) is 25.2 Å². The van der Waals surface area contributed by atoms with Crippen molar-refractivity contribution in [2.24, 2.45) is 0 Å². The number of hydrogen-bond acceptors (Lipinski definition) is 7. The average molecular weight is 334 g/mol. The Labute approximate surface area is 137 Å². The fourth-order valence-electron chi connectivity index (χ4n) is 2.79. The summed E-state index contributed by atoms with van der Waals surface area (Å²) in [4.78, 5) is 11.1. The zero-order valence-corrected chi connectivity index (χ0v) is 12.6. The Morgan fingerprint density at radius 2 is 1.71 bits per heavy atom. The van der Waals surface area contributed by atoms with E-state index in [1.807, 2.05) is 0 Å². The Bertz CT molecular complexity index is 730. The van der Waals surface area contributed by atoms with Gasteiger partial charge in [0.15, 0.2) is 6.29 Å². The Morgan fingerprint density at radius 3 is 2.38 bits per heavy atom. The number of aliphatic hydroxyl groups excluding tert-OH is 4. The summed E-state index contributed by atoms with van der Waals surface area (Å²) in [6.07, 6.45) is -6.03. The predicted molar refractivity (Wildman–Crippen MR) is 83.7 cm³/mol. The molecule has 4 N–H and O–H groups in total. The van der Waals surface area contributed by atoms with E-state index in [2.05, 4.69) is 0 Å². The van der Waals surface area contributed by atoms with Gasteiger partial charge in [0, 0.05) is 10.9 Å². The topological polar surface area (TPSA) is 116 Å². The van der Waals surface area contributed by atoms with Gasteiger partial charge in [0.25, 0.3) is 0 Å². The molecule has 0 bridgehead atoms. The summed E-state index contributed by atoms with van der Waals surface area (Å²) >= 11 is 0. The molecule has 1 fully saturated rings. The van der Waals surface area contributed by atoms with Crippen molar-refractivity contribution in [3.63, 3.8) is 0 Å². The molecule has 0 aromatic heterocycles. The predicted octanol–water partition coefficient (Wildman–Crippen LogP) is -0.169. The summed E-state index contributed by atoms with van der Waals surface area (Å²) in [6, 6.07) is 10.2. The molecule has 0 amide bonds. The zero-order chi connectivity index (χ0) is 17.3. The van der Waals surface area contributed by atoms with E-state index in [-0.39, 0.29) is 0 Å². The number of carbonyl (C=O) groups is 1. The number of benzene rings is 2. The van der Waals surface area contributed by atoms with Crippen LogP contribution in [-0.2, 0) is 4.74 Å². The first-order valence-corrected chi connectivity index (χ1v) is 7.51. The monoisotopic (exact) mass is 334 g/mol. The van der Waals surface area contributed by atoms with Gasteiger partial charge in [-0.3, -0.25) is 4.79 Å². The molecule has 0 unspecified atom stereocenters. The third-order valence-electron chi connectivity index (χ3n) is 4.14. The van der Waals surface area contributed by atoms with Gasteiger partial charge in [-0.15, -0.1) is 0 Å². The lowest BCUT2D eigenvalue weighted by Gasteiger charge is -2.39. The SMILES string of the molecule is O=Cc1ccc(O[C@@H]2O[C@H](CO)[C@H](O)[C@H](O)[C@H]2O)c2ccccc12. The molecular formula is C17H18O7. The number of aliphatic hydroxyl groups is 4. The molecular weight excluding hydrogens is 316 g/mol. The normalized spacial score (nSPS) is 30.2. The molecule has 1 aliphatic heterocycles. The van der Waals surface area contributed by atoms with Crippen molar-refractivity contribution in [1.82, 2.24) is 0 Å². The summed E-state index contributed by atoms with van der Waals surface area (Å²) in [5, 5.41) is 40.2. The first-order chi connectivity index (χ1) is 11.6. The van der Waals surface area contributed by atoms with Gasteiger partial charge in [-0.2, -0.15) is 0 Å². The summed E-state index contributed by atoms with van der Waals surface area (Å²) in [5.74, 6) is 0.348. The second-order valence-electron chi connectivity index (χ2n) is 5.63. The molecule has 3 rings (SSSR count). The quantitative estimate of drug-likeness (QED) is 0.574. The summed E-state index contributed by atoms with van der Waals surface area (Å²) in [7, 11) is 0. The molecule has 1 heterocycles. The van der Waals surface area contributed by atoms with Gasteiger partial charge in [-0.25, -0.2) is 0 Å². The minimum atomic E-state index is -1.51. The molecule has 5 atom stereocenters. The maximum atomic E-state index is 11.1. The Kier molecular flexibility index (Phi) is 4.79. The zero-order valence-electron chi connectivity index (χ0n) is 12.6. The van der Waals surface area contributed by atoms with Crippen molar-refractivity contribution >= 4 is 17.1 Å². The Hall–Kier alpha value is -2.03. The smallest absolute Gasteiger partial charge is 0.229 e. The van der Waals surface area contributed by atoms with Gasteiger partial charge >= 0.3 is 0 Å². The number of carbonyl (C=O) groups excluding carboxylic acids is 1. The minimum absolute atomic E-state index is 0.348. The maximum absolute atomic E-state index is 11.1. The van der Waals surface area contributed by atoms with Crippen LogP contribution < -0.4 is 4.74 Å². The second-order valence-corrected chi connectivity index (χ2v) is 5.63. The molecule has 1 aliphatic rings. The van der Waals surface area contributed by atoms with Gasteiger partial charge < -0.3 is 29.9 Å². The first kappa shape index (κ1) is 16.8. The lowest BCUT2D eigenvalue weighted by atomic mass is 9.99. The molecule has 0 radical (unpaired) electrons. The van der Waals surface area contributed by atoms with E-state index in [1.165, 1.54) is 0 Å². The van der Waals surface area contributed by atoms with Crippen LogP contribution in [0.5, 0.6) is 5.75 Å². The number of hydrogen-bond donors (Lipinski definition) is 4. The van der Waals surface area contributed by atoms with Crippen LogP contribution >= 0.6 is 0 Å². The van der Waals surface area contributed by atoms with Gasteiger partial charge in [0.05, 0.1) is 6.61 Å². The van der Waals surface area contributed by atoms with Crippen molar-refractivity contribution in [2.75, 3.05) is 6.61 Å². The Balaban J connectivity index is 1.93.